The van der Waals surface area contributed by atoms with Gasteiger partial charge < -0.3 is 19.7 Å². The summed E-state index contributed by atoms with van der Waals surface area (Å²) in [5.41, 5.74) is -1.13. The van der Waals surface area contributed by atoms with Gasteiger partial charge in [0.15, 0.2) is 17.3 Å². The van der Waals surface area contributed by atoms with E-state index >= 15 is 0 Å². The number of aromatic nitrogens is 4. The van der Waals surface area contributed by atoms with Crippen LogP contribution in [0.2, 0.25) is 0 Å². The minimum absolute atomic E-state index is 0.0105. The summed E-state index contributed by atoms with van der Waals surface area (Å²) in [5, 5.41) is 18.1. The van der Waals surface area contributed by atoms with E-state index in [9.17, 15) is 13.2 Å². The molecule has 0 aliphatic carbocycles. The van der Waals surface area contributed by atoms with E-state index < -0.39 is 17.6 Å². The van der Waals surface area contributed by atoms with E-state index in [0.717, 1.165) is 12.6 Å². The zero-order chi connectivity index (χ0) is 20.1. The zero-order valence-corrected chi connectivity index (χ0v) is 14.8. The van der Waals surface area contributed by atoms with Crippen LogP contribution in [-0.2, 0) is 10.9 Å². The summed E-state index contributed by atoms with van der Waals surface area (Å²) in [5.74, 6) is -0.289. The van der Waals surface area contributed by atoms with Crippen molar-refractivity contribution in [3.8, 4) is 11.8 Å². The van der Waals surface area contributed by atoms with E-state index in [-0.39, 0.29) is 30.0 Å². The molecule has 148 valence electrons. The van der Waals surface area contributed by atoms with Crippen LogP contribution in [0.4, 0.5) is 24.8 Å². The lowest BCUT2D eigenvalue weighted by atomic mass is 10.3. The maximum absolute atomic E-state index is 13.2. The first-order chi connectivity index (χ1) is 13.3. The van der Waals surface area contributed by atoms with Crippen LogP contribution in [0.15, 0.2) is 18.5 Å². The summed E-state index contributed by atoms with van der Waals surface area (Å²) in [7, 11) is 1.89. The van der Waals surface area contributed by atoms with Crippen molar-refractivity contribution in [1.29, 1.82) is 5.26 Å². The van der Waals surface area contributed by atoms with Crippen molar-refractivity contribution in [1.82, 2.24) is 25.1 Å². The highest BCUT2D eigenvalue weighted by Gasteiger charge is 2.38. The smallest absolute Gasteiger partial charge is 0.438 e. The average molecular weight is 395 g/mol. The lowest BCUT2D eigenvalue weighted by molar-refractivity contribution is -0.143. The number of hydrogen-bond acceptors (Lipinski definition) is 9. The predicted molar refractivity (Wildman–Crippen MR) is 89.8 cm³/mol. The first-order valence-electron chi connectivity index (χ1n) is 8.22. The Kier molecular flexibility index (Phi) is 5.86. The lowest BCUT2D eigenvalue weighted by Gasteiger charge is -2.30. The molecule has 9 nitrogen and oxygen atoms in total. The minimum atomic E-state index is -4.72. The SMILES string of the molecule is CN1CCOC(COc2cc(Nc3cnc(C#N)cn3)nnc2C(F)(F)F)C1. The molecule has 0 aromatic carbocycles. The Bertz CT molecular complexity index is 855. The highest BCUT2D eigenvalue weighted by molar-refractivity contribution is 5.53. The Morgan fingerprint density at radius 1 is 1.32 bits per heavy atom. The molecule has 1 fully saturated rings. The molecule has 1 aliphatic rings. The van der Waals surface area contributed by atoms with Gasteiger partial charge in [-0.2, -0.15) is 18.4 Å². The number of morpholine rings is 1. The second-order valence-corrected chi connectivity index (χ2v) is 6.03. The van der Waals surface area contributed by atoms with Crippen molar-refractivity contribution >= 4 is 11.6 Å². The Morgan fingerprint density at radius 2 is 2.14 bits per heavy atom. The molecular weight excluding hydrogens is 379 g/mol. The number of alkyl halides is 3. The molecule has 12 heteroatoms. The maximum Gasteiger partial charge on any atom is 0.438 e. The molecule has 1 aliphatic heterocycles. The number of nitriles is 1. The summed E-state index contributed by atoms with van der Waals surface area (Å²) in [6.45, 7) is 1.72. The van der Waals surface area contributed by atoms with Crippen LogP contribution >= 0.6 is 0 Å². The number of anilines is 2. The molecule has 2 aromatic rings. The van der Waals surface area contributed by atoms with Gasteiger partial charge in [0.05, 0.1) is 19.0 Å². The van der Waals surface area contributed by atoms with Crippen LogP contribution in [-0.4, -0.2) is 64.5 Å². The number of halogens is 3. The topological polar surface area (TPSA) is 109 Å². The minimum Gasteiger partial charge on any atom is -0.488 e. The molecule has 1 atom stereocenters. The molecule has 0 bridgehead atoms. The largest absolute Gasteiger partial charge is 0.488 e. The number of likely N-dealkylation sites (N-methyl/N-ethyl adjacent to an activating group) is 1. The summed E-state index contributed by atoms with van der Waals surface area (Å²) < 4.78 is 50.5. The standard InChI is InChI=1S/C16H16F3N7O2/c1-26-2-3-27-11(8-26)9-28-12-4-13(24-25-15(12)16(17,18)19)23-14-7-21-10(5-20)6-22-14/h4,6-7,11H,2-3,8-9H2,1H3,(H,22,23,24). The summed E-state index contributed by atoms with van der Waals surface area (Å²) in [6, 6.07) is 2.90. The maximum atomic E-state index is 13.2. The Balaban J connectivity index is 1.77. The van der Waals surface area contributed by atoms with E-state index in [0.29, 0.717) is 13.2 Å². The third-order valence-electron chi connectivity index (χ3n) is 3.82. The van der Waals surface area contributed by atoms with E-state index in [1.807, 2.05) is 18.0 Å². The molecule has 1 N–H and O–H groups in total. The molecule has 28 heavy (non-hydrogen) atoms. The Morgan fingerprint density at radius 3 is 2.79 bits per heavy atom. The van der Waals surface area contributed by atoms with Crippen molar-refractivity contribution in [2.24, 2.45) is 0 Å². The molecule has 1 unspecified atom stereocenters. The zero-order valence-electron chi connectivity index (χ0n) is 14.8. The second-order valence-electron chi connectivity index (χ2n) is 6.03. The van der Waals surface area contributed by atoms with Gasteiger partial charge in [-0.25, -0.2) is 9.97 Å². The lowest BCUT2D eigenvalue weighted by Crippen LogP contribution is -2.42. The van der Waals surface area contributed by atoms with Crippen LogP contribution in [0.3, 0.4) is 0 Å². The molecule has 0 spiro atoms. The molecule has 2 aromatic heterocycles. The van der Waals surface area contributed by atoms with Gasteiger partial charge in [0.2, 0.25) is 5.69 Å². The normalized spacial score (nSPS) is 17.8. The summed E-state index contributed by atoms with van der Waals surface area (Å²) >= 11 is 0. The van der Waals surface area contributed by atoms with Gasteiger partial charge in [0.25, 0.3) is 0 Å². The highest BCUT2D eigenvalue weighted by atomic mass is 19.4. The van der Waals surface area contributed by atoms with Gasteiger partial charge in [-0.05, 0) is 7.05 Å². The van der Waals surface area contributed by atoms with Crippen LogP contribution < -0.4 is 10.1 Å². The van der Waals surface area contributed by atoms with Crippen LogP contribution in [0, 0.1) is 11.3 Å². The van der Waals surface area contributed by atoms with E-state index in [4.69, 9.17) is 14.7 Å². The first-order valence-corrected chi connectivity index (χ1v) is 8.22. The number of rotatable bonds is 5. The van der Waals surface area contributed by atoms with Crippen molar-refractivity contribution in [3.63, 3.8) is 0 Å². The number of ether oxygens (including phenoxy) is 2. The number of nitrogens with one attached hydrogen (secondary N) is 1. The van der Waals surface area contributed by atoms with Crippen molar-refractivity contribution < 1.29 is 22.6 Å². The number of hydrogen-bond donors (Lipinski definition) is 1. The van der Waals surface area contributed by atoms with Crippen molar-refractivity contribution in [2.75, 3.05) is 38.7 Å². The monoisotopic (exact) mass is 395 g/mol. The average Bonchev–Trinajstić information content (AvgIpc) is 2.66. The van der Waals surface area contributed by atoms with Crippen LogP contribution in [0.1, 0.15) is 11.4 Å². The van der Waals surface area contributed by atoms with E-state index in [1.165, 1.54) is 12.4 Å². The number of nitrogens with zero attached hydrogens (tertiary/aromatic N) is 6. The predicted octanol–water partition coefficient (Wildman–Crippen LogP) is 1.61. The van der Waals surface area contributed by atoms with E-state index in [1.54, 1.807) is 0 Å². The first kappa shape index (κ1) is 19.7. The summed E-state index contributed by atoms with van der Waals surface area (Å²) in [4.78, 5) is 9.73. The fourth-order valence-corrected chi connectivity index (χ4v) is 2.47. The fourth-order valence-electron chi connectivity index (χ4n) is 2.47. The fraction of sp³-hybridized carbons (Fsp3) is 0.438. The van der Waals surface area contributed by atoms with Crippen molar-refractivity contribution in [2.45, 2.75) is 12.3 Å². The summed E-state index contributed by atoms with van der Waals surface area (Å²) in [6.07, 6.45) is -2.61. The van der Waals surface area contributed by atoms with Gasteiger partial charge in [0, 0.05) is 19.2 Å². The van der Waals surface area contributed by atoms with Gasteiger partial charge in [-0.15, -0.1) is 10.2 Å². The molecule has 3 heterocycles. The van der Waals surface area contributed by atoms with Crippen LogP contribution in [0.25, 0.3) is 0 Å². The molecule has 0 saturated carbocycles. The quantitative estimate of drug-likeness (QED) is 0.807. The van der Waals surface area contributed by atoms with E-state index in [2.05, 4.69) is 25.5 Å². The van der Waals surface area contributed by atoms with Crippen molar-refractivity contribution in [3.05, 3.63) is 29.8 Å². The Labute approximate surface area is 158 Å². The molecule has 0 radical (unpaired) electrons. The third kappa shape index (κ3) is 5.02. The van der Waals surface area contributed by atoms with Gasteiger partial charge in [-0.1, -0.05) is 0 Å². The van der Waals surface area contributed by atoms with Gasteiger partial charge in [0.1, 0.15) is 24.6 Å². The second kappa shape index (κ2) is 8.32. The molecular formula is C16H16F3N7O2. The van der Waals surface area contributed by atoms with Gasteiger partial charge >= 0.3 is 6.18 Å². The molecule has 0 amide bonds. The third-order valence-corrected chi connectivity index (χ3v) is 3.82. The van der Waals surface area contributed by atoms with Gasteiger partial charge in [-0.3, -0.25) is 0 Å². The molecule has 1 saturated heterocycles. The highest BCUT2D eigenvalue weighted by Crippen LogP contribution is 2.35. The Hall–Kier alpha value is -3.04. The molecule has 3 rings (SSSR count). The van der Waals surface area contributed by atoms with Crippen LogP contribution in [0.5, 0.6) is 5.75 Å².